The fourth-order valence-corrected chi connectivity index (χ4v) is 3.56. The molecule has 3 aromatic rings. The summed E-state index contributed by atoms with van der Waals surface area (Å²) < 4.78 is 12.3. The number of carbonyl (C=O) groups is 1. The van der Waals surface area contributed by atoms with E-state index in [4.69, 9.17) is 21.1 Å². The number of halogens is 2. The summed E-state index contributed by atoms with van der Waals surface area (Å²) >= 11 is 9.69. The molecule has 0 aliphatic heterocycles. The molecule has 0 aliphatic rings. The van der Waals surface area contributed by atoms with Crippen LogP contribution < -0.4 is 14.9 Å². The molecule has 10 heteroatoms. The minimum Gasteiger partial charge on any atom is -0.490 e. The Labute approximate surface area is 203 Å². The standard InChI is InChI=1S/C23H19BrClN3O5/c1-2-32-21-12-15(11-19(24)22(21)33-14-17-5-3-4-6-20(17)25)13-26-27-23(29)16-7-9-18(10-8-16)28(30)31/h3-13H,2,14H2,1H3,(H,27,29)/b26-13-. The molecule has 0 spiro atoms. The van der Waals surface area contributed by atoms with Crippen LogP contribution >= 0.6 is 27.5 Å². The van der Waals surface area contributed by atoms with Gasteiger partial charge in [0.2, 0.25) is 0 Å². The molecular weight excluding hydrogens is 514 g/mol. The van der Waals surface area contributed by atoms with Gasteiger partial charge < -0.3 is 9.47 Å². The highest BCUT2D eigenvalue weighted by molar-refractivity contribution is 9.10. The van der Waals surface area contributed by atoms with E-state index in [1.807, 2.05) is 25.1 Å². The number of nitrogens with one attached hydrogen (secondary N) is 1. The molecular formula is C23H19BrClN3O5. The lowest BCUT2D eigenvalue weighted by Gasteiger charge is -2.15. The SMILES string of the molecule is CCOc1cc(/C=N\NC(=O)c2ccc([N+](=O)[O-])cc2)cc(Br)c1OCc1ccccc1Cl. The molecule has 0 heterocycles. The van der Waals surface area contributed by atoms with Crippen molar-refractivity contribution in [2.24, 2.45) is 5.10 Å². The maximum absolute atomic E-state index is 12.2. The smallest absolute Gasteiger partial charge is 0.271 e. The number of nitro groups is 1. The molecule has 0 aliphatic carbocycles. The number of hydrazone groups is 1. The van der Waals surface area contributed by atoms with Crippen molar-refractivity contribution < 1.29 is 19.2 Å². The first-order valence-electron chi connectivity index (χ1n) is 9.79. The van der Waals surface area contributed by atoms with Crippen molar-refractivity contribution >= 4 is 45.3 Å². The number of non-ortho nitro benzene ring substituents is 1. The molecule has 0 unspecified atom stereocenters. The Kier molecular flexibility index (Phi) is 8.39. The number of amides is 1. The summed E-state index contributed by atoms with van der Waals surface area (Å²) in [6.45, 7) is 2.54. The van der Waals surface area contributed by atoms with Crippen LogP contribution in [0.15, 0.2) is 70.2 Å². The summed E-state index contributed by atoms with van der Waals surface area (Å²) in [7, 11) is 0. The third-order valence-corrected chi connectivity index (χ3v) is 5.34. The second kappa shape index (κ2) is 11.4. The molecule has 0 radical (unpaired) electrons. The number of hydrogen-bond donors (Lipinski definition) is 1. The van der Waals surface area contributed by atoms with Crippen molar-refractivity contribution in [3.8, 4) is 11.5 Å². The van der Waals surface area contributed by atoms with E-state index < -0.39 is 10.8 Å². The average molecular weight is 533 g/mol. The molecule has 0 saturated carbocycles. The van der Waals surface area contributed by atoms with Gasteiger partial charge in [-0.25, -0.2) is 5.43 Å². The second-order valence-electron chi connectivity index (χ2n) is 6.65. The number of hydrogen-bond acceptors (Lipinski definition) is 6. The third-order valence-electron chi connectivity index (χ3n) is 4.38. The minimum absolute atomic E-state index is 0.0970. The average Bonchev–Trinajstić information content (AvgIpc) is 2.80. The van der Waals surface area contributed by atoms with Crippen molar-refractivity contribution in [3.05, 3.63) is 97.0 Å². The van der Waals surface area contributed by atoms with Crippen molar-refractivity contribution in [2.75, 3.05) is 6.61 Å². The molecule has 1 amide bonds. The number of benzene rings is 3. The topological polar surface area (TPSA) is 103 Å². The summed E-state index contributed by atoms with van der Waals surface area (Å²) in [5, 5.41) is 15.3. The van der Waals surface area contributed by atoms with Crippen molar-refractivity contribution in [1.82, 2.24) is 5.43 Å². The molecule has 3 aromatic carbocycles. The fourth-order valence-electron chi connectivity index (χ4n) is 2.80. The van der Waals surface area contributed by atoms with Gasteiger partial charge in [0.15, 0.2) is 11.5 Å². The normalized spacial score (nSPS) is 10.8. The van der Waals surface area contributed by atoms with Crippen LogP contribution in [0.3, 0.4) is 0 Å². The minimum atomic E-state index is -0.532. The van der Waals surface area contributed by atoms with Gasteiger partial charge >= 0.3 is 0 Å². The van der Waals surface area contributed by atoms with Gasteiger partial charge in [-0.05, 0) is 58.7 Å². The van der Waals surface area contributed by atoms with Crippen LogP contribution in [0.1, 0.15) is 28.4 Å². The van der Waals surface area contributed by atoms with Crippen LogP contribution in [0.2, 0.25) is 5.02 Å². The molecule has 0 fully saturated rings. The number of nitrogens with zero attached hydrogens (tertiary/aromatic N) is 2. The Morgan fingerprint density at radius 2 is 1.91 bits per heavy atom. The lowest BCUT2D eigenvalue weighted by molar-refractivity contribution is -0.384. The Balaban J connectivity index is 1.71. The van der Waals surface area contributed by atoms with Gasteiger partial charge in [0.05, 0.1) is 22.2 Å². The largest absolute Gasteiger partial charge is 0.490 e. The van der Waals surface area contributed by atoms with Crippen molar-refractivity contribution in [3.63, 3.8) is 0 Å². The zero-order valence-corrected chi connectivity index (χ0v) is 19.8. The van der Waals surface area contributed by atoms with Crippen molar-refractivity contribution in [2.45, 2.75) is 13.5 Å². The number of rotatable bonds is 9. The van der Waals surface area contributed by atoms with E-state index in [1.165, 1.54) is 30.5 Å². The molecule has 0 atom stereocenters. The third kappa shape index (κ3) is 6.53. The van der Waals surface area contributed by atoms with E-state index in [1.54, 1.807) is 18.2 Å². The van der Waals surface area contributed by atoms with Gasteiger partial charge in [0.1, 0.15) is 6.61 Å². The van der Waals surface area contributed by atoms with Crippen LogP contribution in [-0.2, 0) is 6.61 Å². The molecule has 0 bridgehead atoms. The number of nitro benzene ring substituents is 1. The molecule has 3 rings (SSSR count). The van der Waals surface area contributed by atoms with E-state index in [2.05, 4.69) is 26.5 Å². The van der Waals surface area contributed by atoms with Crippen LogP contribution in [0, 0.1) is 10.1 Å². The highest BCUT2D eigenvalue weighted by Gasteiger charge is 2.13. The van der Waals surface area contributed by atoms with Crippen LogP contribution in [0.25, 0.3) is 0 Å². The summed E-state index contributed by atoms with van der Waals surface area (Å²) in [6.07, 6.45) is 1.45. The maximum Gasteiger partial charge on any atom is 0.271 e. The quantitative estimate of drug-likeness (QED) is 0.215. The fraction of sp³-hybridized carbons (Fsp3) is 0.130. The van der Waals surface area contributed by atoms with Gasteiger partial charge in [0, 0.05) is 28.3 Å². The Morgan fingerprint density at radius 1 is 1.18 bits per heavy atom. The molecule has 8 nitrogen and oxygen atoms in total. The predicted octanol–water partition coefficient (Wildman–Crippen LogP) is 5.75. The Bertz CT molecular complexity index is 1190. The molecule has 1 N–H and O–H groups in total. The van der Waals surface area contributed by atoms with Gasteiger partial charge in [-0.2, -0.15) is 5.10 Å². The monoisotopic (exact) mass is 531 g/mol. The van der Waals surface area contributed by atoms with Crippen LogP contribution in [0.4, 0.5) is 5.69 Å². The van der Waals surface area contributed by atoms with Gasteiger partial charge in [-0.3, -0.25) is 14.9 Å². The Hall–Kier alpha value is -3.43. The lowest BCUT2D eigenvalue weighted by Crippen LogP contribution is -2.17. The first kappa shape index (κ1) is 24.2. The van der Waals surface area contributed by atoms with Crippen molar-refractivity contribution in [1.29, 1.82) is 0 Å². The number of ether oxygens (including phenoxy) is 2. The molecule has 33 heavy (non-hydrogen) atoms. The van der Waals surface area contributed by atoms with Crippen LogP contribution in [-0.4, -0.2) is 23.7 Å². The lowest BCUT2D eigenvalue weighted by atomic mass is 10.2. The van der Waals surface area contributed by atoms with E-state index in [-0.39, 0.29) is 17.9 Å². The predicted molar refractivity (Wildman–Crippen MR) is 129 cm³/mol. The zero-order valence-electron chi connectivity index (χ0n) is 17.5. The van der Waals surface area contributed by atoms with Crippen LogP contribution in [0.5, 0.6) is 11.5 Å². The first-order valence-corrected chi connectivity index (χ1v) is 11.0. The van der Waals surface area contributed by atoms with Gasteiger partial charge in [0.25, 0.3) is 11.6 Å². The van der Waals surface area contributed by atoms with E-state index in [9.17, 15) is 14.9 Å². The summed E-state index contributed by atoms with van der Waals surface area (Å²) in [6, 6.07) is 16.1. The Morgan fingerprint density at radius 3 is 2.58 bits per heavy atom. The maximum atomic E-state index is 12.2. The van der Waals surface area contributed by atoms with E-state index in [0.717, 1.165) is 5.56 Å². The summed E-state index contributed by atoms with van der Waals surface area (Å²) in [5.41, 5.74) is 4.04. The van der Waals surface area contributed by atoms with Gasteiger partial charge in [-0.1, -0.05) is 29.8 Å². The van der Waals surface area contributed by atoms with E-state index >= 15 is 0 Å². The highest BCUT2D eigenvalue weighted by Crippen LogP contribution is 2.37. The van der Waals surface area contributed by atoms with Gasteiger partial charge in [-0.15, -0.1) is 0 Å². The first-order chi connectivity index (χ1) is 15.9. The summed E-state index contributed by atoms with van der Waals surface area (Å²) in [5.74, 6) is 0.524. The number of carbonyl (C=O) groups excluding carboxylic acids is 1. The zero-order chi connectivity index (χ0) is 23.8. The van der Waals surface area contributed by atoms with E-state index in [0.29, 0.717) is 33.2 Å². The highest BCUT2D eigenvalue weighted by atomic mass is 79.9. The molecule has 0 aromatic heterocycles. The second-order valence-corrected chi connectivity index (χ2v) is 7.91. The molecule has 0 saturated heterocycles. The summed E-state index contributed by atoms with van der Waals surface area (Å²) in [4.78, 5) is 22.4. The molecule has 170 valence electrons.